The molecule has 33 heavy (non-hydrogen) atoms. The summed E-state index contributed by atoms with van der Waals surface area (Å²) in [7, 11) is -1.78. The van der Waals surface area contributed by atoms with Crippen molar-refractivity contribution in [2.45, 2.75) is 110 Å². The summed E-state index contributed by atoms with van der Waals surface area (Å²) in [6.45, 7) is 19.4. The Morgan fingerprint density at radius 2 is 1.76 bits per heavy atom. The Morgan fingerprint density at radius 1 is 1.09 bits per heavy atom. The Labute approximate surface area is 201 Å². The molecule has 0 aromatic heterocycles. The van der Waals surface area contributed by atoms with Crippen molar-refractivity contribution >= 4 is 14.0 Å². The summed E-state index contributed by atoms with van der Waals surface area (Å²) in [5.41, 5.74) is 0.0336. The van der Waals surface area contributed by atoms with Gasteiger partial charge in [-0.1, -0.05) is 47.3 Å². The van der Waals surface area contributed by atoms with Gasteiger partial charge >= 0.3 is 0 Å². The van der Waals surface area contributed by atoms with E-state index in [2.05, 4.69) is 52.7 Å². The van der Waals surface area contributed by atoms with Crippen LogP contribution in [0.5, 0.6) is 0 Å². The fourth-order valence-corrected chi connectivity index (χ4v) is 6.03. The second-order valence-corrected chi connectivity index (χ2v) is 17.7. The van der Waals surface area contributed by atoms with Crippen LogP contribution >= 0.6 is 0 Å². The summed E-state index contributed by atoms with van der Waals surface area (Å²) in [5.74, 6) is -1.37. The molecule has 0 aromatic carbocycles. The Balaban J connectivity index is 1.79. The molecule has 0 bridgehead atoms. The molecule has 8 heteroatoms. The molecule has 3 fully saturated rings. The highest BCUT2D eigenvalue weighted by molar-refractivity contribution is 6.77. The van der Waals surface area contributed by atoms with Crippen LogP contribution in [0.1, 0.15) is 73.1 Å². The van der Waals surface area contributed by atoms with E-state index in [1.165, 1.54) is 0 Å². The molecule has 7 nitrogen and oxygen atoms in total. The van der Waals surface area contributed by atoms with Crippen molar-refractivity contribution in [2.75, 3.05) is 19.8 Å². The second kappa shape index (κ2) is 10.2. The number of carbonyl (C=O) groups excluding carboxylic acids is 1. The molecule has 192 valence electrons. The van der Waals surface area contributed by atoms with E-state index in [1.807, 2.05) is 6.92 Å². The fourth-order valence-electron chi connectivity index (χ4n) is 5.16. The standard InChI is InChI=1S/C25H47NO6Si/c1-9-14-26-21(27)15-19-11-10-18(2)20(25(19)30-22(31-32-25)33(6,7)8)12-13-24(5)28-16-23(3,4)17-29-24/h18-20,22H,9-17H2,1-8H3,(H,26,27)/t18-,19?,20+,22?,25?/m1/s1. The summed E-state index contributed by atoms with van der Waals surface area (Å²) in [6, 6.07) is 0. The van der Waals surface area contributed by atoms with Gasteiger partial charge in [0.15, 0.2) is 11.7 Å². The van der Waals surface area contributed by atoms with Crippen molar-refractivity contribution in [3.05, 3.63) is 0 Å². The summed E-state index contributed by atoms with van der Waals surface area (Å²) in [5, 5.41) is 3.03. The van der Waals surface area contributed by atoms with Gasteiger partial charge in [0, 0.05) is 36.6 Å². The van der Waals surface area contributed by atoms with Gasteiger partial charge in [-0.05, 0) is 38.5 Å². The smallest absolute Gasteiger partial charge is 0.220 e. The van der Waals surface area contributed by atoms with E-state index in [4.69, 9.17) is 24.0 Å². The molecule has 5 atom stereocenters. The van der Waals surface area contributed by atoms with E-state index in [-0.39, 0.29) is 29.1 Å². The average Bonchev–Trinajstić information content (AvgIpc) is 3.18. The van der Waals surface area contributed by atoms with Crippen LogP contribution in [0.4, 0.5) is 0 Å². The summed E-state index contributed by atoms with van der Waals surface area (Å²) < 4.78 is 19.1. The van der Waals surface area contributed by atoms with Crippen LogP contribution in [-0.2, 0) is 28.8 Å². The summed E-state index contributed by atoms with van der Waals surface area (Å²) in [6.07, 6.45) is 4.81. The van der Waals surface area contributed by atoms with Crippen molar-refractivity contribution in [1.82, 2.24) is 5.32 Å². The zero-order valence-electron chi connectivity index (χ0n) is 22.1. The van der Waals surface area contributed by atoms with E-state index in [0.717, 1.165) is 32.1 Å². The predicted octanol–water partition coefficient (Wildman–Crippen LogP) is 5.01. The van der Waals surface area contributed by atoms with E-state index < -0.39 is 19.6 Å². The first kappa shape index (κ1) is 27.1. The molecule has 1 amide bonds. The van der Waals surface area contributed by atoms with Crippen LogP contribution in [0.25, 0.3) is 0 Å². The molecule has 1 spiro atoms. The number of amides is 1. The average molecular weight is 486 g/mol. The molecule has 0 radical (unpaired) electrons. The van der Waals surface area contributed by atoms with Crippen molar-refractivity contribution in [3.8, 4) is 0 Å². The molecule has 3 rings (SSSR count). The molecule has 1 N–H and O–H groups in total. The minimum Gasteiger partial charge on any atom is -0.356 e. The monoisotopic (exact) mass is 485 g/mol. The molecule has 0 aromatic rings. The number of nitrogens with one attached hydrogen (secondary N) is 1. The third-order valence-corrected chi connectivity index (χ3v) is 9.09. The Bertz CT molecular complexity index is 670. The Morgan fingerprint density at radius 3 is 2.33 bits per heavy atom. The van der Waals surface area contributed by atoms with Gasteiger partial charge in [0.25, 0.3) is 0 Å². The molecule has 2 saturated heterocycles. The summed E-state index contributed by atoms with van der Waals surface area (Å²) >= 11 is 0. The van der Waals surface area contributed by atoms with Crippen LogP contribution in [0.2, 0.25) is 19.6 Å². The molecule has 1 saturated carbocycles. The van der Waals surface area contributed by atoms with Crippen molar-refractivity contribution in [1.29, 1.82) is 0 Å². The van der Waals surface area contributed by atoms with Crippen LogP contribution < -0.4 is 5.32 Å². The number of rotatable bonds is 8. The molecular formula is C25H47NO6Si. The SMILES string of the molecule is CCCNC(=O)CC1CC[C@@H](C)[C@H](CCC2(C)OCC(C)(C)CO2)C12OOC([Si](C)(C)C)O2. The van der Waals surface area contributed by atoms with Gasteiger partial charge in [-0.25, -0.2) is 4.89 Å². The molecule has 2 aliphatic heterocycles. The van der Waals surface area contributed by atoms with Gasteiger partial charge in [0.05, 0.1) is 13.2 Å². The molecular weight excluding hydrogens is 438 g/mol. The first-order valence-electron chi connectivity index (χ1n) is 12.9. The Kier molecular flexibility index (Phi) is 8.39. The van der Waals surface area contributed by atoms with Gasteiger partial charge in [0.2, 0.25) is 11.7 Å². The van der Waals surface area contributed by atoms with Crippen molar-refractivity contribution in [3.63, 3.8) is 0 Å². The maximum absolute atomic E-state index is 12.7. The number of hydrogen-bond donors (Lipinski definition) is 1. The third kappa shape index (κ3) is 6.38. The van der Waals surface area contributed by atoms with Crippen LogP contribution in [-0.4, -0.2) is 51.2 Å². The van der Waals surface area contributed by atoms with Crippen LogP contribution in [0.15, 0.2) is 0 Å². The lowest BCUT2D eigenvalue weighted by Crippen LogP contribution is -2.55. The fraction of sp³-hybridized carbons (Fsp3) is 0.960. The van der Waals surface area contributed by atoms with Crippen molar-refractivity contribution < 1.29 is 28.8 Å². The van der Waals surface area contributed by atoms with Gasteiger partial charge in [-0.3, -0.25) is 4.79 Å². The third-order valence-electron chi connectivity index (χ3n) is 7.46. The minimum atomic E-state index is -1.78. The first-order chi connectivity index (χ1) is 15.3. The molecule has 2 heterocycles. The van der Waals surface area contributed by atoms with Gasteiger partial charge in [-0.2, -0.15) is 4.89 Å². The van der Waals surface area contributed by atoms with E-state index in [9.17, 15) is 4.79 Å². The zero-order valence-corrected chi connectivity index (χ0v) is 23.1. The lowest BCUT2D eigenvalue weighted by Gasteiger charge is -2.48. The summed E-state index contributed by atoms with van der Waals surface area (Å²) in [4.78, 5) is 24.7. The Hall–Kier alpha value is -0.513. The highest BCUT2D eigenvalue weighted by Crippen LogP contribution is 2.53. The number of carbonyl (C=O) groups is 1. The highest BCUT2D eigenvalue weighted by atomic mass is 28.3. The number of hydrogen-bond acceptors (Lipinski definition) is 6. The minimum absolute atomic E-state index is 0.0336. The van der Waals surface area contributed by atoms with Crippen LogP contribution in [0.3, 0.4) is 0 Å². The normalized spacial score (nSPS) is 36.1. The maximum Gasteiger partial charge on any atom is 0.220 e. The van der Waals surface area contributed by atoms with Gasteiger partial charge < -0.3 is 19.5 Å². The van der Waals surface area contributed by atoms with E-state index in [1.54, 1.807) is 0 Å². The quantitative estimate of drug-likeness (QED) is 0.385. The largest absolute Gasteiger partial charge is 0.356 e. The lowest BCUT2D eigenvalue weighted by atomic mass is 9.67. The number of ether oxygens (including phenoxy) is 3. The predicted molar refractivity (Wildman–Crippen MR) is 130 cm³/mol. The second-order valence-electron chi connectivity index (χ2n) is 12.5. The zero-order chi connectivity index (χ0) is 24.5. The van der Waals surface area contributed by atoms with E-state index in [0.29, 0.717) is 32.1 Å². The van der Waals surface area contributed by atoms with Crippen LogP contribution in [0, 0.1) is 23.2 Å². The van der Waals surface area contributed by atoms with E-state index >= 15 is 0 Å². The lowest BCUT2D eigenvalue weighted by molar-refractivity contribution is -0.370. The van der Waals surface area contributed by atoms with Gasteiger partial charge in [0.1, 0.15) is 8.07 Å². The maximum atomic E-state index is 12.7. The topological polar surface area (TPSA) is 75.3 Å². The highest BCUT2D eigenvalue weighted by Gasteiger charge is 2.60. The van der Waals surface area contributed by atoms with Crippen molar-refractivity contribution in [2.24, 2.45) is 23.2 Å². The molecule has 1 aliphatic carbocycles. The molecule has 3 unspecified atom stereocenters. The van der Waals surface area contributed by atoms with Gasteiger partial charge in [-0.15, -0.1) is 0 Å². The molecule has 3 aliphatic rings. The first-order valence-corrected chi connectivity index (χ1v) is 16.4.